The van der Waals surface area contributed by atoms with E-state index in [9.17, 15) is 14.7 Å². The van der Waals surface area contributed by atoms with E-state index >= 15 is 0 Å². The summed E-state index contributed by atoms with van der Waals surface area (Å²) < 4.78 is 11.2. The van der Waals surface area contributed by atoms with Crippen molar-refractivity contribution in [1.82, 2.24) is 0 Å². The summed E-state index contributed by atoms with van der Waals surface area (Å²) in [5.41, 5.74) is 0.249. The molecule has 5 nitrogen and oxygen atoms in total. The SMILES string of the molecule is C=C1C(=O)O[C@H]2C[C@@H](C)[C@H]3C(=C[C@H]12)[C@](C)(O)C[C@@H]3OC(=O)CC(C)C. The number of fused-ring (bicyclic) bond motifs is 2. The van der Waals surface area contributed by atoms with Gasteiger partial charge in [0.1, 0.15) is 12.2 Å². The quantitative estimate of drug-likeness (QED) is 0.482. The standard InChI is InChI=1S/C20H28O5/c1-10(2)6-17(21)24-16-9-20(5,23)14-8-13-12(4)19(22)25-15(13)7-11(3)18(14)16/h8,10-11,13,15-16,18,23H,4,6-7,9H2,1-3,5H3/t11-,13-,15+,16+,18+,20-/m1/s1. The highest BCUT2D eigenvalue weighted by Crippen LogP contribution is 2.51. The van der Waals surface area contributed by atoms with Crippen LogP contribution in [0.4, 0.5) is 0 Å². The Kier molecular flexibility index (Phi) is 4.56. The molecule has 1 saturated carbocycles. The van der Waals surface area contributed by atoms with Crippen molar-refractivity contribution in [3.63, 3.8) is 0 Å². The highest BCUT2D eigenvalue weighted by atomic mass is 16.6. The largest absolute Gasteiger partial charge is 0.462 e. The predicted molar refractivity (Wildman–Crippen MR) is 92.4 cm³/mol. The van der Waals surface area contributed by atoms with E-state index in [-0.39, 0.29) is 47.8 Å². The highest BCUT2D eigenvalue weighted by molar-refractivity contribution is 5.91. The van der Waals surface area contributed by atoms with Crippen LogP contribution in [0, 0.1) is 23.7 Å². The third-order valence-corrected chi connectivity index (χ3v) is 5.74. The van der Waals surface area contributed by atoms with Gasteiger partial charge in [-0.2, -0.15) is 0 Å². The molecule has 0 radical (unpaired) electrons. The lowest BCUT2D eigenvalue weighted by molar-refractivity contribution is -0.152. The number of esters is 2. The first-order valence-electron chi connectivity index (χ1n) is 9.14. The Bertz CT molecular complexity index is 630. The number of aliphatic hydroxyl groups is 1. The summed E-state index contributed by atoms with van der Waals surface area (Å²) in [6, 6.07) is 0. The van der Waals surface area contributed by atoms with E-state index in [4.69, 9.17) is 9.47 Å². The lowest BCUT2D eigenvalue weighted by atomic mass is 9.84. The van der Waals surface area contributed by atoms with Gasteiger partial charge in [0, 0.05) is 30.3 Å². The molecule has 5 heteroatoms. The second-order valence-electron chi connectivity index (χ2n) is 8.46. The number of carbonyl (C=O) groups excluding carboxylic acids is 2. The fourth-order valence-corrected chi connectivity index (χ4v) is 4.58. The van der Waals surface area contributed by atoms with Crippen molar-refractivity contribution < 1.29 is 24.2 Å². The molecule has 6 atom stereocenters. The third-order valence-electron chi connectivity index (χ3n) is 5.74. The second-order valence-corrected chi connectivity index (χ2v) is 8.46. The molecule has 0 amide bonds. The molecule has 1 aliphatic heterocycles. The van der Waals surface area contributed by atoms with Crippen molar-refractivity contribution in [2.45, 2.75) is 64.8 Å². The van der Waals surface area contributed by atoms with Crippen molar-refractivity contribution in [2.75, 3.05) is 0 Å². The first-order chi connectivity index (χ1) is 11.6. The van der Waals surface area contributed by atoms with Gasteiger partial charge in [-0.25, -0.2) is 4.79 Å². The summed E-state index contributed by atoms with van der Waals surface area (Å²) in [4.78, 5) is 24.0. The molecule has 0 aromatic heterocycles. The molecule has 0 spiro atoms. The molecule has 3 rings (SSSR count). The van der Waals surface area contributed by atoms with Gasteiger partial charge in [-0.15, -0.1) is 0 Å². The lowest BCUT2D eigenvalue weighted by Crippen LogP contribution is -2.29. The summed E-state index contributed by atoms with van der Waals surface area (Å²) in [7, 11) is 0. The molecule has 3 aliphatic rings. The van der Waals surface area contributed by atoms with Crippen molar-refractivity contribution in [3.8, 4) is 0 Å². The fraction of sp³-hybridized carbons (Fsp3) is 0.700. The molecule has 0 aromatic rings. The van der Waals surface area contributed by atoms with Gasteiger partial charge in [-0.05, 0) is 30.8 Å². The second kappa shape index (κ2) is 6.27. The molecule has 2 fully saturated rings. The summed E-state index contributed by atoms with van der Waals surface area (Å²) in [6.45, 7) is 11.6. The van der Waals surface area contributed by atoms with Crippen molar-refractivity contribution in [1.29, 1.82) is 0 Å². The molecular weight excluding hydrogens is 320 g/mol. The van der Waals surface area contributed by atoms with Crippen LogP contribution in [0.3, 0.4) is 0 Å². The zero-order valence-electron chi connectivity index (χ0n) is 15.5. The van der Waals surface area contributed by atoms with Gasteiger partial charge < -0.3 is 14.6 Å². The minimum absolute atomic E-state index is 0.0526. The zero-order chi connectivity index (χ0) is 18.5. The van der Waals surface area contributed by atoms with Crippen LogP contribution in [0.2, 0.25) is 0 Å². The van der Waals surface area contributed by atoms with Gasteiger partial charge in [-0.3, -0.25) is 4.79 Å². The molecular formula is C20H28O5. The maximum atomic E-state index is 12.2. The Morgan fingerprint density at radius 1 is 1.52 bits per heavy atom. The number of carbonyl (C=O) groups is 2. The number of hydrogen-bond donors (Lipinski definition) is 1. The average molecular weight is 348 g/mol. The van der Waals surface area contributed by atoms with Crippen molar-refractivity contribution in [3.05, 3.63) is 23.8 Å². The Hall–Kier alpha value is -1.62. The van der Waals surface area contributed by atoms with Crippen LogP contribution in [-0.2, 0) is 19.1 Å². The minimum atomic E-state index is -1.05. The predicted octanol–water partition coefficient (Wildman–Crippen LogP) is 2.78. The van der Waals surface area contributed by atoms with Gasteiger partial charge in [-0.1, -0.05) is 33.4 Å². The van der Waals surface area contributed by atoms with E-state index in [0.717, 1.165) is 5.57 Å². The molecule has 0 bridgehead atoms. The van der Waals surface area contributed by atoms with Crippen LogP contribution in [-0.4, -0.2) is 34.9 Å². The first kappa shape index (κ1) is 18.2. The van der Waals surface area contributed by atoms with Gasteiger partial charge in [0.05, 0.1) is 5.60 Å². The minimum Gasteiger partial charge on any atom is -0.462 e. The fourth-order valence-electron chi connectivity index (χ4n) is 4.58. The smallest absolute Gasteiger partial charge is 0.334 e. The molecule has 1 heterocycles. The lowest BCUT2D eigenvalue weighted by Gasteiger charge is -2.27. The average Bonchev–Trinajstić information content (AvgIpc) is 2.79. The third kappa shape index (κ3) is 3.26. The van der Waals surface area contributed by atoms with Gasteiger partial charge in [0.25, 0.3) is 0 Å². The molecule has 0 unspecified atom stereocenters. The normalized spacial score (nSPS) is 40.2. The van der Waals surface area contributed by atoms with E-state index in [0.29, 0.717) is 24.8 Å². The molecule has 2 aliphatic carbocycles. The Morgan fingerprint density at radius 3 is 2.84 bits per heavy atom. The Labute approximate surface area is 149 Å². The number of rotatable bonds is 3. The monoisotopic (exact) mass is 348 g/mol. The number of hydrogen-bond acceptors (Lipinski definition) is 5. The highest BCUT2D eigenvalue weighted by Gasteiger charge is 2.53. The van der Waals surface area contributed by atoms with E-state index in [1.807, 2.05) is 19.9 Å². The molecule has 138 valence electrons. The van der Waals surface area contributed by atoms with Crippen LogP contribution in [0.15, 0.2) is 23.8 Å². The summed E-state index contributed by atoms with van der Waals surface area (Å²) in [5, 5.41) is 11.0. The maximum Gasteiger partial charge on any atom is 0.334 e. The first-order valence-corrected chi connectivity index (χ1v) is 9.14. The van der Waals surface area contributed by atoms with Crippen LogP contribution >= 0.6 is 0 Å². The van der Waals surface area contributed by atoms with Crippen LogP contribution in [0.5, 0.6) is 0 Å². The molecule has 25 heavy (non-hydrogen) atoms. The van der Waals surface area contributed by atoms with Crippen LogP contribution < -0.4 is 0 Å². The van der Waals surface area contributed by atoms with E-state index in [1.54, 1.807) is 6.92 Å². The molecule has 0 aromatic carbocycles. The summed E-state index contributed by atoms with van der Waals surface area (Å²) in [6.07, 6.45) is 2.80. The van der Waals surface area contributed by atoms with E-state index in [2.05, 4.69) is 13.5 Å². The Balaban J connectivity index is 1.90. The topological polar surface area (TPSA) is 72.8 Å². The van der Waals surface area contributed by atoms with Crippen LogP contribution in [0.25, 0.3) is 0 Å². The van der Waals surface area contributed by atoms with Gasteiger partial charge in [0.15, 0.2) is 0 Å². The van der Waals surface area contributed by atoms with Crippen LogP contribution in [0.1, 0.15) is 47.0 Å². The van der Waals surface area contributed by atoms with Crippen molar-refractivity contribution in [2.24, 2.45) is 23.7 Å². The number of ether oxygens (including phenoxy) is 2. The Morgan fingerprint density at radius 2 is 2.20 bits per heavy atom. The van der Waals surface area contributed by atoms with Crippen molar-refractivity contribution >= 4 is 11.9 Å². The van der Waals surface area contributed by atoms with E-state index < -0.39 is 5.60 Å². The maximum absolute atomic E-state index is 12.2. The van der Waals surface area contributed by atoms with E-state index in [1.165, 1.54) is 0 Å². The van der Waals surface area contributed by atoms with Gasteiger partial charge >= 0.3 is 11.9 Å². The summed E-state index contributed by atoms with van der Waals surface area (Å²) in [5.74, 6) is -0.460. The molecule has 1 saturated heterocycles. The van der Waals surface area contributed by atoms with Gasteiger partial charge in [0.2, 0.25) is 0 Å². The zero-order valence-corrected chi connectivity index (χ0v) is 15.5. The summed E-state index contributed by atoms with van der Waals surface area (Å²) >= 11 is 0. The molecule has 1 N–H and O–H groups in total.